The highest BCUT2D eigenvalue weighted by atomic mass is 16.5. The van der Waals surface area contributed by atoms with Crippen LogP contribution in [0.3, 0.4) is 0 Å². The molecule has 6 heteroatoms. The first-order valence-corrected chi connectivity index (χ1v) is 7.23. The van der Waals surface area contributed by atoms with Gasteiger partial charge in [0.25, 0.3) is 0 Å². The Morgan fingerprint density at radius 1 is 1.27 bits per heavy atom. The average molecular weight is 295 g/mol. The summed E-state index contributed by atoms with van der Waals surface area (Å²) in [6.45, 7) is 0.602. The Morgan fingerprint density at radius 2 is 2.00 bits per heavy atom. The van der Waals surface area contributed by atoms with Gasteiger partial charge in [0.2, 0.25) is 0 Å². The highest BCUT2D eigenvalue weighted by Crippen LogP contribution is 2.14. The summed E-state index contributed by atoms with van der Waals surface area (Å²) in [5.74, 6) is 0.0573. The molecule has 22 heavy (non-hydrogen) atoms. The molecule has 0 saturated heterocycles. The van der Waals surface area contributed by atoms with E-state index in [1.807, 2.05) is 36.4 Å². The van der Waals surface area contributed by atoms with Crippen LogP contribution in [-0.4, -0.2) is 30.6 Å². The van der Waals surface area contributed by atoms with Crippen LogP contribution in [0.1, 0.15) is 11.1 Å². The van der Waals surface area contributed by atoms with Crippen molar-refractivity contribution in [1.29, 1.82) is 5.41 Å². The Kier molecular flexibility index (Phi) is 4.13. The normalized spacial score (nSPS) is 17.0. The van der Waals surface area contributed by atoms with Crippen molar-refractivity contribution in [3.05, 3.63) is 59.7 Å². The number of nitrogens with two attached hydrogens (primary N) is 1. The quantitative estimate of drug-likeness (QED) is 0.380. The van der Waals surface area contributed by atoms with Crippen molar-refractivity contribution < 1.29 is 9.68 Å². The van der Waals surface area contributed by atoms with Gasteiger partial charge < -0.3 is 20.7 Å². The molecule has 5 N–H and O–H groups in total. The second-order valence-corrected chi connectivity index (χ2v) is 5.39. The van der Waals surface area contributed by atoms with Crippen molar-refractivity contribution >= 4 is 24.1 Å². The van der Waals surface area contributed by atoms with E-state index in [1.165, 1.54) is 0 Å². The predicted molar refractivity (Wildman–Crippen MR) is 88.6 cm³/mol. The minimum atomic E-state index is -0.864. The third-order valence-corrected chi connectivity index (χ3v) is 3.82. The molecule has 5 nitrogen and oxygen atoms in total. The molecule has 0 radical (unpaired) electrons. The molecule has 0 spiro atoms. The van der Waals surface area contributed by atoms with Gasteiger partial charge in [-0.3, -0.25) is 5.41 Å². The fourth-order valence-electron chi connectivity index (χ4n) is 2.63. The number of amidine groups is 1. The summed E-state index contributed by atoms with van der Waals surface area (Å²) in [6.07, 6.45) is 0.684. The van der Waals surface area contributed by atoms with Crippen molar-refractivity contribution in [2.75, 3.05) is 11.9 Å². The van der Waals surface area contributed by atoms with E-state index in [0.717, 1.165) is 23.1 Å². The van der Waals surface area contributed by atoms with Crippen LogP contribution in [0, 0.1) is 5.41 Å². The van der Waals surface area contributed by atoms with E-state index in [0.29, 0.717) is 12.1 Å². The molecular weight excluding hydrogens is 277 g/mol. The lowest BCUT2D eigenvalue weighted by atomic mass is 9.72. The summed E-state index contributed by atoms with van der Waals surface area (Å²) < 4.78 is 5.64. The lowest BCUT2D eigenvalue weighted by molar-refractivity contribution is 0.177. The molecule has 112 valence electrons. The summed E-state index contributed by atoms with van der Waals surface area (Å²) in [4.78, 5) is 0. The number of hydrogen-bond acceptors (Lipinski definition) is 4. The second kappa shape index (κ2) is 6.21. The van der Waals surface area contributed by atoms with Crippen molar-refractivity contribution in [1.82, 2.24) is 0 Å². The monoisotopic (exact) mass is 295 g/mol. The third-order valence-electron chi connectivity index (χ3n) is 3.82. The van der Waals surface area contributed by atoms with Crippen molar-refractivity contribution in [2.24, 2.45) is 5.73 Å². The molecule has 0 aromatic heterocycles. The largest absolute Gasteiger partial charge is 0.491 e. The van der Waals surface area contributed by atoms with Gasteiger partial charge in [0, 0.05) is 17.8 Å². The van der Waals surface area contributed by atoms with Crippen LogP contribution >= 0.6 is 0 Å². The molecule has 0 fully saturated rings. The van der Waals surface area contributed by atoms with Crippen LogP contribution in [-0.2, 0) is 11.1 Å². The molecule has 0 unspecified atom stereocenters. The van der Waals surface area contributed by atoms with Crippen LogP contribution < -0.4 is 16.5 Å². The summed E-state index contributed by atoms with van der Waals surface area (Å²) in [7, 11) is -0.864. The van der Waals surface area contributed by atoms with E-state index in [-0.39, 0.29) is 11.9 Å². The Morgan fingerprint density at radius 3 is 2.73 bits per heavy atom. The molecule has 1 aliphatic heterocycles. The van der Waals surface area contributed by atoms with E-state index in [9.17, 15) is 5.02 Å². The van der Waals surface area contributed by atoms with Gasteiger partial charge in [-0.2, -0.15) is 0 Å². The fourth-order valence-corrected chi connectivity index (χ4v) is 2.63. The first-order valence-electron chi connectivity index (χ1n) is 7.23. The van der Waals surface area contributed by atoms with Crippen molar-refractivity contribution in [3.63, 3.8) is 0 Å². The van der Waals surface area contributed by atoms with Gasteiger partial charge in [-0.1, -0.05) is 24.3 Å². The number of anilines is 1. The van der Waals surface area contributed by atoms with Gasteiger partial charge in [0.05, 0.1) is 6.10 Å². The molecule has 2 aromatic rings. The van der Waals surface area contributed by atoms with Crippen LogP contribution in [0.25, 0.3) is 0 Å². The predicted octanol–water partition coefficient (Wildman–Crippen LogP) is 0.712. The fraction of sp³-hybridized carbons (Fsp3) is 0.188. The average Bonchev–Trinajstić information content (AvgIpc) is 2.53. The van der Waals surface area contributed by atoms with Crippen LogP contribution in [0.4, 0.5) is 5.69 Å². The zero-order valence-electron chi connectivity index (χ0n) is 12.1. The highest BCUT2D eigenvalue weighted by molar-refractivity contribution is 6.60. The van der Waals surface area contributed by atoms with Crippen LogP contribution in [0.2, 0.25) is 0 Å². The molecule has 1 atom stereocenters. The Labute approximate surface area is 129 Å². The van der Waals surface area contributed by atoms with Crippen LogP contribution in [0.5, 0.6) is 0 Å². The lowest BCUT2D eigenvalue weighted by Crippen LogP contribution is -2.47. The molecule has 1 heterocycles. The summed E-state index contributed by atoms with van der Waals surface area (Å²) in [6, 6.07) is 15.2. The van der Waals surface area contributed by atoms with Crippen LogP contribution in [0.15, 0.2) is 48.5 Å². The maximum absolute atomic E-state index is 10.0. The number of fused-ring (bicyclic) bond motifs is 1. The first-order chi connectivity index (χ1) is 10.6. The topological polar surface area (TPSA) is 91.4 Å². The van der Waals surface area contributed by atoms with E-state index in [4.69, 9.17) is 15.8 Å². The minimum Gasteiger partial charge on any atom is -0.423 e. The minimum absolute atomic E-state index is 0.0573. The Hall–Kier alpha value is -2.31. The van der Waals surface area contributed by atoms with Crippen molar-refractivity contribution in [2.45, 2.75) is 12.5 Å². The number of rotatable bonds is 4. The zero-order chi connectivity index (χ0) is 15.5. The van der Waals surface area contributed by atoms with Gasteiger partial charge in [-0.05, 0) is 41.7 Å². The first kappa shape index (κ1) is 14.6. The molecular formula is C16H18BN3O2. The molecule has 0 aliphatic carbocycles. The van der Waals surface area contributed by atoms with E-state index >= 15 is 0 Å². The molecule has 2 aromatic carbocycles. The van der Waals surface area contributed by atoms with E-state index in [2.05, 4.69) is 5.32 Å². The molecule has 3 rings (SSSR count). The standard InChI is InChI=1S/C16H18BN3O2/c18-16(19)11-5-7-13(8-6-11)20-10-14-9-12-3-1-2-4-15(12)17(21)22-14/h1-8,14,20-21H,9-10H2,(H3,18,19)/t14-/m0/s1. The van der Waals surface area contributed by atoms with Gasteiger partial charge in [0.15, 0.2) is 0 Å². The number of benzene rings is 2. The smallest absolute Gasteiger partial charge is 0.423 e. The van der Waals surface area contributed by atoms with Gasteiger partial charge in [0.1, 0.15) is 5.84 Å². The number of hydrogen-bond donors (Lipinski definition) is 4. The van der Waals surface area contributed by atoms with E-state index in [1.54, 1.807) is 12.1 Å². The zero-order valence-corrected chi connectivity index (χ0v) is 12.1. The molecule has 0 bridgehead atoms. The highest BCUT2D eigenvalue weighted by Gasteiger charge is 2.30. The summed E-state index contributed by atoms with van der Waals surface area (Å²) >= 11 is 0. The maximum Gasteiger partial charge on any atom is 0.491 e. The summed E-state index contributed by atoms with van der Waals surface area (Å²) in [5.41, 5.74) is 9.04. The van der Waals surface area contributed by atoms with Gasteiger partial charge in [-0.15, -0.1) is 0 Å². The van der Waals surface area contributed by atoms with Crippen molar-refractivity contribution in [3.8, 4) is 0 Å². The van der Waals surface area contributed by atoms with Gasteiger partial charge in [-0.25, -0.2) is 0 Å². The number of nitrogens with one attached hydrogen (secondary N) is 2. The molecule has 0 saturated carbocycles. The SMILES string of the molecule is N=C(N)c1ccc(NC[C@@H]2Cc3ccccc3B(O)O2)cc1. The second-order valence-electron chi connectivity index (χ2n) is 5.39. The third kappa shape index (κ3) is 3.13. The molecule has 0 amide bonds. The Bertz CT molecular complexity index is 675. The maximum atomic E-state index is 10.0. The molecule has 1 aliphatic rings. The summed E-state index contributed by atoms with van der Waals surface area (Å²) in [5, 5.41) is 20.7. The Balaban J connectivity index is 1.62. The number of nitrogen functional groups attached to an aromatic ring is 1. The lowest BCUT2D eigenvalue weighted by Gasteiger charge is -2.27. The van der Waals surface area contributed by atoms with Gasteiger partial charge >= 0.3 is 7.12 Å². The van der Waals surface area contributed by atoms with E-state index < -0.39 is 7.12 Å².